The molecular formula is C29H33ClFN3O5S. The first kappa shape index (κ1) is 30.9. The summed E-state index contributed by atoms with van der Waals surface area (Å²) in [5, 5.41) is 3.31. The molecule has 40 heavy (non-hydrogen) atoms. The summed E-state index contributed by atoms with van der Waals surface area (Å²) in [5.74, 6) is -1.08. The molecule has 8 nitrogen and oxygen atoms in total. The van der Waals surface area contributed by atoms with Crippen LogP contribution < -0.4 is 14.4 Å². The van der Waals surface area contributed by atoms with Gasteiger partial charge in [-0.15, -0.1) is 0 Å². The van der Waals surface area contributed by atoms with Crippen LogP contribution in [0.5, 0.6) is 5.75 Å². The zero-order valence-corrected chi connectivity index (χ0v) is 24.4. The summed E-state index contributed by atoms with van der Waals surface area (Å²) in [6, 6.07) is 16.3. The van der Waals surface area contributed by atoms with Gasteiger partial charge in [0.05, 0.1) is 17.2 Å². The molecule has 1 N–H and O–H groups in total. The van der Waals surface area contributed by atoms with E-state index in [2.05, 4.69) is 5.32 Å². The van der Waals surface area contributed by atoms with Crippen LogP contribution in [-0.4, -0.2) is 50.4 Å². The van der Waals surface area contributed by atoms with Crippen LogP contribution in [0.2, 0.25) is 5.02 Å². The molecule has 0 aliphatic rings. The van der Waals surface area contributed by atoms with E-state index in [9.17, 15) is 22.4 Å². The lowest BCUT2D eigenvalue weighted by molar-refractivity contribution is -0.139. The second-order valence-electron chi connectivity index (χ2n) is 9.38. The number of nitrogens with zero attached hydrogens (tertiary/aromatic N) is 2. The molecule has 0 aliphatic carbocycles. The first-order chi connectivity index (χ1) is 18.9. The van der Waals surface area contributed by atoms with Gasteiger partial charge >= 0.3 is 0 Å². The third-order valence-electron chi connectivity index (χ3n) is 5.98. The smallest absolute Gasteiger partial charge is 0.264 e. The van der Waals surface area contributed by atoms with Gasteiger partial charge < -0.3 is 15.0 Å². The van der Waals surface area contributed by atoms with Gasteiger partial charge in [-0.05, 0) is 93.9 Å². The minimum Gasteiger partial charge on any atom is -0.494 e. The molecule has 0 saturated carbocycles. The Balaban J connectivity index is 2.01. The summed E-state index contributed by atoms with van der Waals surface area (Å²) in [6.07, 6.45) is 0. The third-order valence-corrected chi connectivity index (χ3v) is 8.02. The molecule has 0 heterocycles. The highest BCUT2D eigenvalue weighted by Gasteiger charge is 2.32. The summed E-state index contributed by atoms with van der Waals surface area (Å²) in [6.45, 7) is 6.80. The number of carbonyl (C=O) groups excluding carboxylic acids is 2. The van der Waals surface area contributed by atoms with Crippen molar-refractivity contribution in [3.63, 3.8) is 0 Å². The van der Waals surface area contributed by atoms with E-state index in [-0.39, 0.29) is 29.1 Å². The maximum Gasteiger partial charge on any atom is 0.264 e. The van der Waals surface area contributed by atoms with E-state index in [1.165, 1.54) is 41.3 Å². The number of hydrogen-bond acceptors (Lipinski definition) is 5. The summed E-state index contributed by atoms with van der Waals surface area (Å²) < 4.78 is 47.7. The Labute approximate surface area is 239 Å². The second-order valence-corrected chi connectivity index (χ2v) is 11.7. The molecule has 2 amide bonds. The molecule has 3 aromatic carbocycles. The van der Waals surface area contributed by atoms with Crippen LogP contribution in [0.4, 0.5) is 10.1 Å². The van der Waals surface area contributed by atoms with Gasteiger partial charge in [0.2, 0.25) is 11.8 Å². The number of ether oxygens (including phenoxy) is 1. The number of halogens is 2. The number of anilines is 1. The van der Waals surface area contributed by atoms with E-state index in [0.29, 0.717) is 22.9 Å². The van der Waals surface area contributed by atoms with Gasteiger partial charge in [-0.3, -0.25) is 13.9 Å². The zero-order valence-electron chi connectivity index (χ0n) is 22.8. The van der Waals surface area contributed by atoms with Crippen LogP contribution in [-0.2, 0) is 26.2 Å². The standard InChI is InChI=1S/C29H33ClFN3O5S/c1-5-39-26-14-16-27(17-15-26)40(37,38)34(25-12-10-24(31)11-13-25)19-28(35)33(21(4)29(36)32-20(2)3)18-22-6-8-23(30)9-7-22/h6-17,20-21H,5,18-19H2,1-4H3,(H,32,36)/t21-/m1/s1. The van der Waals surface area contributed by atoms with Crippen molar-refractivity contribution >= 4 is 39.1 Å². The number of hydrogen-bond donors (Lipinski definition) is 1. The van der Waals surface area contributed by atoms with Crippen LogP contribution in [0.15, 0.2) is 77.7 Å². The molecule has 3 aromatic rings. The Morgan fingerprint density at radius 1 is 0.950 bits per heavy atom. The maximum atomic E-state index is 13.8. The lowest BCUT2D eigenvalue weighted by Gasteiger charge is -2.32. The van der Waals surface area contributed by atoms with Crippen LogP contribution in [0.1, 0.15) is 33.3 Å². The average molecular weight is 590 g/mol. The van der Waals surface area contributed by atoms with Crippen molar-refractivity contribution in [2.24, 2.45) is 0 Å². The Kier molecular flexibility index (Phi) is 10.5. The monoisotopic (exact) mass is 589 g/mol. The molecule has 0 bridgehead atoms. The first-order valence-electron chi connectivity index (χ1n) is 12.8. The molecule has 3 rings (SSSR count). The average Bonchev–Trinajstić information content (AvgIpc) is 2.91. The number of sulfonamides is 1. The van der Waals surface area contributed by atoms with Gasteiger partial charge in [-0.1, -0.05) is 23.7 Å². The van der Waals surface area contributed by atoms with E-state index in [0.717, 1.165) is 16.4 Å². The summed E-state index contributed by atoms with van der Waals surface area (Å²) in [5.41, 5.74) is 0.791. The molecule has 11 heteroatoms. The van der Waals surface area contributed by atoms with Crippen molar-refractivity contribution in [2.45, 2.75) is 51.2 Å². The van der Waals surface area contributed by atoms with Gasteiger partial charge in [0, 0.05) is 17.6 Å². The Hall–Kier alpha value is -3.63. The highest BCUT2D eigenvalue weighted by molar-refractivity contribution is 7.92. The first-order valence-corrected chi connectivity index (χ1v) is 14.6. The highest BCUT2D eigenvalue weighted by atomic mass is 35.5. The van der Waals surface area contributed by atoms with Crippen molar-refractivity contribution in [1.29, 1.82) is 0 Å². The number of rotatable bonds is 12. The normalized spacial score (nSPS) is 12.1. The van der Waals surface area contributed by atoms with Gasteiger partial charge in [-0.25, -0.2) is 12.8 Å². The zero-order chi connectivity index (χ0) is 29.4. The van der Waals surface area contributed by atoms with Crippen molar-refractivity contribution < 1.29 is 27.1 Å². The Morgan fingerprint density at radius 2 is 1.55 bits per heavy atom. The number of nitrogens with one attached hydrogen (secondary N) is 1. The SMILES string of the molecule is CCOc1ccc(S(=O)(=O)N(CC(=O)N(Cc2ccc(Cl)cc2)[C@H](C)C(=O)NC(C)C)c2ccc(F)cc2)cc1. The molecule has 0 aromatic heterocycles. The van der Waals surface area contributed by atoms with Crippen molar-refractivity contribution in [3.05, 3.63) is 89.2 Å². The quantitative estimate of drug-likeness (QED) is 0.320. The minimum absolute atomic E-state index is 0.0308. The molecule has 0 fully saturated rings. The van der Waals surface area contributed by atoms with Crippen molar-refractivity contribution in [3.8, 4) is 5.75 Å². The second kappa shape index (κ2) is 13.6. The van der Waals surface area contributed by atoms with Crippen molar-refractivity contribution in [1.82, 2.24) is 10.2 Å². The summed E-state index contributed by atoms with van der Waals surface area (Å²) in [7, 11) is -4.28. The fraction of sp³-hybridized carbons (Fsp3) is 0.310. The van der Waals surface area contributed by atoms with Gasteiger partial charge in [0.25, 0.3) is 10.0 Å². The van der Waals surface area contributed by atoms with Crippen LogP contribution >= 0.6 is 11.6 Å². The minimum atomic E-state index is -4.28. The Morgan fingerprint density at radius 3 is 2.10 bits per heavy atom. The van der Waals surface area contributed by atoms with E-state index in [1.54, 1.807) is 45.0 Å². The van der Waals surface area contributed by atoms with E-state index >= 15 is 0 Å². The largest absolute Gasteiger partial charge is 0.494 e. The highest BCUT2D eigenvalue weighted by Crippen LogP contribution is 2.26. The molecule has 0 aliphatic heterocycles. The fourth-order valence-corrected chi connectivity index (χ4v) is 5.45. The maximum absolute atomic E-state index is 13.8. The van der Waals surface area contributed by atoms with E-state index < -0.39 is 34.3 Å². The van der Waals surface area contributed by atoms with Gasteiger partial charge in [0.15, 0.2) is 0 Å². The van der Waals surface area contributed by atoms with Crippen molar-refractivity contribution in [2.75, 3.05) is 17.5 Å². The summed E-state index contributed by atoms with van der Waals surface area (Å²) in [4.78, 5) is 28.0. The number of benzene rings is 3. The van der Waals surface area contributed by atoms with E-state index in [1.807, 2.05) is 6.92 Å². The lowest BCUT2D eigenvalue weighted by Crippen LogP contribution is -2.52. The number of carbonyl (C=O) groups is 2. The van der Waals surface area contributed by atoms with Crippen LogP contribution in [0, 0.1) is 5.82 Å². The molecule has 0 spiro atoms. The molecule has 214 valence electrons. The molecule has 1 atom stereocenters. The summed E-state index contributed by atoms with van der Waals surface area (Å²) >= 11 is 6.01. The van der Waals surface area contributed by atoms with Gasteiger partial charge in [0.1, 0.15) is 24.2 Å². The van der Waals surface area contributed by atoms with Gasteiger partial charge in [-0.2, -0.15) is 0 Å². The predicted octanol–water partition coefficient (Wildman–Crippen LogP) is 5.02. The number of amides is 2. The molecule has 0 saturated heterocycles. The topological polar surface area (TPSA) is 96.0 Å². The van der Waals surface area contributed by atoms with E-state index in [4.69, 9.17) is 16.3 Å². The lowest BCUT2D eigenvalue weighted by atomic mass is 10.1. The molecule has 0 unspecified atom stereocenters. The van der Waals surface area contributed by atoms with Crippen LogP contribution in [0.3, 0.4) is 0 Å². The molecular weight excluding hydrogens is 557 g/mol. The third kappa shape index (κ3) is 7.95. The molecule has 0 radical (unpaired) electrons. The fourth-order valence-electron chi connectivity index (χ4n) is 3.91. The predicted molar refractivity (Wildman–Crippen MR) is 153 cm³/mol. The van der Waals surface area contributed by atoms with Crippen LogP contribution in [0.25, 0.3) is 0 Å². The Bertz CT molecular complexity index is 1400.